The van der Waals surface area contributed by atoms with Gasteiger partial charge in [0.1, 0.15) is 6.61 Å². The molecule has 0 saturated heterocycles. The number of hydrogen-bond donors (Lipinski definition) is 3. The summed E-state index contributed by atoms with van der Waals surface area (Å²) < 4.78 is 5.68. The van der Waals surface area contributed by atoms with Gasteiger partial charge in [-0.25, -0.2) is 4.79 Å². The van der Waals surface area contributed by atoms with Gasteiger partial charge in [0.2, 0.25) is 5.91 Å². The minimum Gasteiger partial charge on any atom is -0.481 e. The number of amides is 2. The third-order valence-corrected chi connectivity index (χ3v) is 7.20. The van der Waals surface area contributed by atoms with E-state index in [1.54, 1.807) is 0 Å². The van der Waals surface area contributed by atoms with Gasteiger partial charge >= 0.3 is 12.1 Å². The Kier molecular flexibility index (Phi) is 7.43. The fraction of sp³-hybridized carbons (Fsp3) is 0.464. The van der Waals surface area contributed by atoms with E-state index in [1.807, 2.05) is 38.1 Å². The first-order chi connectivity index (χ1) is 16.7. The predicted octanol–water partition coefficient (Wildman–Crippen LogP) is 4.84. The van der Waals surface area contributed by atoms with Crippen LogP contribution in [0.4, 0.5) is 4.79 Å². The molecule has 35 heavy (non-hydrogen) atoms. The van der Waals surface area contributed by atoms with Crippen LogP contribution in [-0.2, 0) is 14.3 Å². The van der Waals surface area contributed by atoms with Crippen molar-refractivity contribution in [1.29, 1.82) is 0 Å². The predicted molar refractivity (Wildman–Crippen MR) is 133 cm³/mol. The van der Waals surface area contributed by atoms with Crippen molar-refractivity contribution < 1.29 is 24.2 Å². The fourth-order valence-corrected chi connectivity index (χ4v) is 5.41. The van der Waals surface area contributed by atoms with E-state index < -0.39 is 17.6 Å². The van der Waals surface area contributed by atoms with Crippen molar-refractivity contribution in [2.75, 3.05) is 6.61 Å². The van der Waals surface area contributed by atoms with Gasteiger partial charge in [0.15, 0.2) is 0 Å². The van der Waals surface area contributed by atoms with Gasteiger partial charge < -0.3 is 20.5 Å². The molecule has 3 N–H and O–H groups in total. The summed E-state index contributed by atoms with van der Waals surface area (Å²) in [6.45, 7) is 3.92. The number of nitrogens with one attached hydrogen (secondary N) is 2. The van der Waals surface area contributed by atoms with Crippen molar-refractivity contribution in [1.82, 2.24) is 10.6 Å². The lowest BCUT2D eigenvalue weighted by atomic mass is 9.95. The highest BCUT2D eigenvalue weighted by atomic mass is 16.5. The van der Waals surface area contributed by atoms with Gasteiger partial charge in [0.25, 0.3) is 0 Å². The fourth-order valence-electron chi connectivity index (χ4n) is 5.41. The molecule has 2 unspecified atom stereocenters. The number of fused-ring (bicyclic) bond motifs is 3. The largest absolute Gasteiger partial charge is 0.481 e. The Labute approximate surface area is 206 Å². The molecule has 2 atom stereocenters. The van der Waals surface area contributed by atoms with Gasteiger partial charge in [0, 0.05) is 30.3 Å². The molecule has 186 valence electrons. The molecular formula is C28H34N2O5. The third kappa shape index (κ3) is 6.02. The van der Waals surface area contributed by atoms with Crippen molar-refractivity contribution in [3.63, 3.8) is 0 Å². The Hall–Kier alpha value is -3.35. The van der Waals surface area contributed by atoms with Crippen LogP contribution in [0.2, 0.25) is 0 Å². The van der Waals surface area contributed by atoms with Crippen LogP contribution in [0.25, 0.3) is 11.1 Å². The molecular weight excluding hydrogens is 444 g/mol. The van der Waals surface area contributed by atoms with Gasteiger partial charge in [-0.3, -0.25) is 9.59 Å². The molecule has 0 spiro atoms. The van der Waals surface area contributed by atoms with E-state index in [0.717, 1.165) is 19.3 Å². The van der Waals surface area contributed by atoms with Crippen LogP contribution in [0, 0.1) is 5.92 Å². The van der Waals surface area contributed by atoms with Crippen molar-refractivity contribution >= 4 is 18.0 Å². The van der Waals surface area contributed by atoms with E-state index in [4.69, 9.17) is 9.84 Å². The lowest BCUT2D eigenvalue weighted by Crippen LogP contribution is -2.46. The molecule has 0 heterocycles. The molecule has 1 fully saturated rings. The zero-order valence-electron chi connectivity index (χ0n) is 20.4. The summed E-state index contributed by atoms with van der Waals surface area (Å²) in [7, 11) is 0. The molecule has 2 amide bonds. The summed E-state index contributed by atoms with van der Waals surface area (Å²) in [6, 6.07) is 16.3. The summed E-state index contributed by atoms with van der Waals surface area (Å²) in [4.78, 5) is 36.2. The summed E-state index contributed by atoms with van der Waals surface area (Å²) >= 11 is 0. The monoisotopic (exact) mass is 478 g/mol. The van der Waals surface area contributed by atoms with Gasteiger partial charge in [0.05, 0.1) is 0 Å². The number of benzene rings is 2. The number of ether oxygens (including phenoxy) is 1. The maximum atomic E-state index is 12.7. The summed E-state index contributed by atoms with van der Waals surface area (Å²) in [5.74, 6) is -0.959. The van der Waals surface area contributed by atoms with Crippen molar-refractivity contribution in [2.45, 2.75) is 69.9 Å². The standard InChI is InChI=1S/C28H34N2O5/c1-28(2,15-14-26(32)33)30-25(31)16-18-8-7-13-24(18)29-27(34)35-17-23-21-11-5-3-9-19(21)20-10-4-6-12-22(20)23/h3-6,9-12,18,23-24H,7-8,13-17H2,1-2H3,(H,29,34)(H,30,31)(H,32,33). The first-order valence-electron chi connectivity index (χ1n) is 12.4. The van der Waals surface area contributed by atoms with E-state index >= 15 is 0 Å². The normalized spacial score (nSPS) is 19.0. The highest BCUT2D eigenvalue weighted by Gasteiger charge is 2.33. The maximum absolute atomic E-state index is 12.7. The zero-order chi connectivity index (χ0) is 25.0. The minimum absolute atomic E-state index is 0.00265. The third-order valence-electron chi connectivity index (χ3n) is 7.20. The van der Waals surface area contributed by atoms with Crippen LogP contribution in [-0.4, -0.2) is 41.3 Å². The average Bonchev–Trinajstić information content (AvgIpc) is 3.38. The zero-order valence-corrected chi connectivity index (χ0v) is 20.4. The topological polar surface area (TPSA) is 105 Å². The lowest BCUT2D eigenvalue weighted by molar-refractivity contribution is -0.137. The second kappa shape index (κ2) is 10.5. The summed E-state index contributed by atoms with van der Waals surface area (Å²) in [5.41, 5.74) is 4.12. The Morgan fingerprint density at radius 1 is 1.00 bits per heavy atom. The van der Waals surface area contributed by atoms with E-state index in [9.17, 15) is 14.4 Å². The highest BCUT2D eigenvalue weighted by molar-refractivity contribution is 5.79. The second-order valence-corrected chi connectivity index (χ2v) is 10.3. The van der Waals surface area contributed by atoms with Gasteiger partial charge in [-0.05, 0) is 61.3 Å². The molecule has 2 aliphatic carbocycles. The van der Waals surface area contributed by atoms with Crippen molar-refractivity contribution in [2.24, 2.45) is 5.92 Å². The first-order valence-corrected chi connectivity index (χ1v) is 12.4. The summed E-state index contributed by atoms with van der Waals surface area (Å²) in [6.07, 6.45) is 2.82. The van der Waals surface area contributed by atoms with Gasteiger partial charge in [-0.1, -0.05) is 55.0 Å². The van der Waals surface area contributed by atoms with E-state index in [-0.39, 0.29) is 36.8 Å². The molecule has 2 aromatic carbocycles. The molecule has 7 heteroatoms. The number of carboxylic acids is 1. The Morgan fingerprint density at radius 3 is 2.26 bits per heavy atom. The van der Waals surface area contributed by atoms with Crippen LogP contribution in [0.1, 0.15) is 69.4 Å². The van der Waals surface area contributed by atoms with Crippen LogP contribution in [0.3, 0.4) is 0 Å². The molecule has 7 nitrogen and oxygen atoms in total. The number of hydrogen-bond acceptors (Lipinski definition) is 4. The van der Waals surface area contributed by atoms with Crippen LogP contribution >= 0.6 is 0 Å². The number of alkyl carbamates (subject to hydrolysis) is 1. The Balaban J connectivity index is 1.30. The second-order valence-electron chi connectivity index (χ2n) is 10.3. The minimum atomic E-state index is -0.879. The van der Waals surface area contributed by atoms with E-state index in [1.165, 1.54) is 22.3 Å². The number of carbonyl (C=O) groups excluding carboxylic acids is 2. The van der Waals surface area contributed by atoms with Gasteiger partial charge in [-0.2, -0.15) is 0 Å². The Bertz CT molecular complexity index is 1050. The average molecular weight is 479 g/mol. The smallest absolute Gasteiger partial charge is 0.407 e. The maximum Gasteiger partial charge on any atom is 0.407 e. The molecule has 0 radical (unpaired) electrons. The van der Waals surface area contributed by atoms with Gasteiger partial charge in [-0.15, -0.1) is 0 Å². The summed E-state index contributed by atoms with van der Waals surface area (Å²) in [5, 5.41) is 14.8. The number of aliphatic carboxylic acids is 1. The molecule has 2 aromatic rings. The Morgan fingerprint density at radius 2 is 1.63 bits per heavy atom. The van der Waals surface area contributed by atoms with Crippen LogP contribution < -0.4 is 10.6 Å². The quantitative estimate of drug-likeness (QED) is 0.478. The number of rotatable bonds is 9. The van der Waals surface area contributed by atoms with Crippen molar-refractivity contribution in [3.8, 4) is 11.1 Å². The van der Waals surface area contributed by atoms with Crippen LogP contribution in [0.5, 0.6) is 0 Å². The van der Waals surface area contributed by atoms with Crippen molar-refractivity contribution in [3.05, 3.63) is 59.7 Å². The van der Waals surface area contributed by atoms with Crippen LogP contribution in [0.15, 0.2) is 48.5 Å². The lowest BCUT2D eigenvalue weighted by Gasteiger charge is -2.27. The molecule has 0 aliphatic heterocycles. The number of carbonyl (C=O) groups is 3. The molecule has 4 rings (SSSR count). The molecule has 1 saturated carbocycles. The molecule has 2 aliphatic rings. The SMILES string of the molecule is CC(C)(CCC(=O)O)NC(=O)CC1CCCC1NC(=O)OCC1c2ccccc2-c2ccccc21. The van der Waals surface area contributed by atoms with E-state index in [2.05, 4.69) is 34.9 Å². The first kappa shape index (κ1) is 24.8. The van der Waals surface area contributed by atoms with E-state index in [0.29, 0.717) is 12.8 Å². The highest BCUT2D eigenvalue weighted by Crippen LogP contribution is 2.44. The molecule has 0 aromatic heterocycles. The number of carboxylic acid groups (broad SMARTS) is 1. The molecule has 0 bridgehead atoms.